The molecular formula is C12H10ClN2O3S-. The van der Waals surface area contributed by atoms with Gasteiger partial charge >= 0.3 is 0 Å². The van der Waals surface area contributed by atoms with Crippen LogP contribution in [0.15, 0.2) is 29.3 Å². The highest BCUT2D eigenvalue weighted by atomic mass is 35.5. The summed E-state index contributed by atoms with van der Waals surface area (Å²) < 4.78 is 0. The fourth-order valence-electron chi connectivity index (χ4n) is 1.51. The SMILES string of the molecule is CN1C(=O)CC(C(=O)[O-])SC1=Nc1ccc(Cl)cc1. The Labute approximate surface area is 119 Å². The summed E-state index contributed by atoms with van der Waals surface area (Å²) in [6.07, 6.45) is -0.0802. The molecule has 0 aromatic heterocycles. The molecule has 100 valence electrons. The van der Waals surface area contributed by atoms with Gasteiger partial charge in [0.1, 0.15) is 0 Å². The zero-order chi connectivity index (χ0) is 14.0. The number of carbonyl (C=O) groups is 2. The van der Waals surface area contributed by atoms with Gasteiger partial charge in [0.25, 0.3) is 0 Å². The number of aliphatic carboxylic acids is 1. The average molecular weight is 298 g/mol. The number of amidine groups is 1. The van der Waals surface area contributed by atoms with Crippen LogP contribution in [0.1, 0.15) is 6.42 Å². The molecule has 1 fully saturated rings. The molecule has 0 N–H and O–H groups in total. The fraction of sp³-hybridized carbons (Fsp3) is 0.250. The second kappa shape index (κ2) is 5.63. The van der Waals surface area contributed by atoms with E-state index in [0.29, 0.717) is 15.9 Å². The summed E-state index contributed by atoms with van der Waals surface area (Å²) in [6.45, 7) is 0. The van der Waals surface area contributed by atoms with Crippen molar-refractivity contribution in [3.05, 3.63) is 29.3 Å². The molecule has 0 bridgehead atoms. The lowest BCUT2D eigenvalue weighted by Crippen LogP contribution is -2.45. The second-order valence-corrected chi connectivity index (χ2v) is 5.56. The minimum atomic E-state index is -1.25. The predicted molar refractivity (Wildman–Crippen MR) is 72.3 cm³/mol. The molecule has 0 spiro atoms. The Morgan fingerprint density at radius 1 is 1.47 bits per heavy atom. The van der Waals surface area contributed by atoms with Crippen molar-refractivity contribution < 1.29 is 14.7 Å². The number of carboxylic acids is 1. The molecule has 1 amide bonds. The number of benzene rings is 1. The first-order chi connectivity index (χ1) is 8.97. The van der Waals surface area contributed by atoms with Gasteiger partial charge < -0.3 is 9.90 Å². The fourth-order valence-corrected chi connectivity index (χ4v) is 2.63. The molecule has 0 saturated carbocycles. The van der Waals surface area contributed by atoms with E-state index in [1.165, 1.54) is 4.90 Å². The van der Waals surface area contributed by atoms with Gasteiger partial charge in [-0.25, -0.2) is 4.99 Å². The van der Waals surface area contributed by atoms with Crippen molar-refractivity contribution in [1.82, 2.24) is 4.90 Å². The maximum absolute atomic E-state index is 11.7. The molecule has 19 heavy (non-hydrogen) atoms. The van der Waals surface area contributed by atoms with Crippen LogP contribution < -0.4 is 5.11 Å². The number of aliphatic imine (C=N–C) groups is 1. The number of hydrogen-bond acceptors (Lipinski definition) is 5. The molecular weight excluding hydrogens is 288 g/mol. The molecule has 0 radical (unpaired) electrons. The summed E-state index contributed by atoms with van der Waals surface area (Å²) in [4.78, 5) is 28.2. The summed E-state index contributed by atoms with van der Waals surface area (Å²) in [5.74, 6) is -1.55. The van der Waals surface area contributed by atoms with E-state index in [2.05, 4.69) is 4.99 Å². The average Bonchev–Trinajstić information content (AvgIpc) is 2.37. The Bertz CT molecular complexity index is 544. The van der Waals surface area contributed by atoms with Gasteiger partial charge in [-0.1, -0.05) is 23.4 Å². The molecule has 2 rings (SSSR count). The minimum absolute atomic E-state index is 0.0802. The lowest BCUT2D eigenvalue weighted by atomic mass is 10.3. The first-order valence-corrected chi connectivity index (χ1v) is 6.71. The predicted octanol–water partition coefficient (Wildman–Crippen LogP) is 1.04. The molecule has 1 aromatic rings. The molecule has 5 nitrogen and oxygen atoms in total. The Morgan fingerprint density at radius 3 is 2.68 bits per heavy atom. The molecule has 1 aliphatic heterocycles. The standard InChI is InChI=1S/C12H11ClN2O3S/c1-15-10(16)6-9(11(17)18)19-12(15)14-8-4-2-7(13)3-5-8/h2-5,9H,6H2,1H3,(H,17,18)/p-1. The number of halogens is 1. The van der Waals surface area contributed by atoms with Crippen molar-refractivity contribution >= 4 is 46.1 Å². The van der Waals surface area contributed by atoms with Crippen LogP contribution in [-0.2, 0) is 9.59 Å². The highest BCUT2D eigenvalue weighted by molar-refractivity contribution is 8.15. The first kappa shape index (κ1) is 13.9. The van der Waals surface area contributed by atoms with Crippen LogP contribution in [0.25, 0.3) is 0 Å². The van der Waals surface area contributed by atoms with Gasteiger partial charge in [-0.3, -0.25) is 9.69 Å². The van der Waals surface area contributed by atoms with Gasteiger partial charge in [0, 0.05) is 18.5 Å². The maximum atomic E-state index is 11.7. The van der Waals surface area contributed by atoms with Crippen molar-refractivity contribution in [2.75, 3.05) is 7.05 Å². The minimum Gasteiger partial charge on any atom is -0.549 e. The monoisotopic (exact) mass is 297 g/mol. The Kier molecular flexibility index (Phi) is 4.11. The molecule has 1 aliphatic rings. The summed E-state index contributed by atoms with van der Waals surface area (Å²) in [5.41, 5.74) is 0.602. The lowest BCUT2D eigenvalue weighted by Gasteiger charge is -2.29. The van der Waals surface area contributed by atoms with Crippen LogP contribution in [-0.4, -0.2) is 34.2 Å². The number of rotatable bonds is 2. The summed E-state index contributed by atoms with van der Waals surface area (Å²) in [7, 11) is 1.57. The maximum Gasteiger partial charge on any atom is 0.229 e. The van der Waals surface area contributed by atoms with Gasteiger partial charge in [0.15, 0.2) is 5.17 Å². The van der Waals surface area contributed by atoms with Crippen LogP contribution in [0.5, 0.6) is 0 Å². The number of amides is 1. The Balaban J connectivity index is 2.27. The zero-order valence-corrected chi connectivity index (χ0v) is 11.6. The van der Waals surface area contributed by atoms with Crippen LogP contribution in [0.2, 0.25) is 5.02 Å². The van der Waals surface area contributed by atoms with Gasteiger partial charge in [-0.15, -0.1) is 0 Å². The molecule has 0 aliphatic carbocycles. The third kappa shape index (κ3) is 3.27. The van der Waals surface area contributed by atoms with Gasteiger partial charge in [-0.05, 0) is 24.3 Å². The molecule has 1 atom stereocenters. The summed E-state index contributed by atoms with van der Waals surface area (Å²) in [5, 5.41) is 10.9. The van der Waals surface area contributed by atoms with Crippen molar-refractivity contribution in [2.45, 2.75) is 11.7 Å². The van der Waals surface area contributed by atoms with E-state index >= 15 is 0 Å². The van der Waals surface area contributed by atoms with Gasteiger partial charge in [0.2, 0.25) is 5.91 Å². The van der Waals surface area contributed by atoms with Crippen molar-refractivity contribution in [3.8, 4) is 0 Å². The highest BCUT2D eigenvalue weighted by Crippen LogP contribution is 2.27. The number of carbonyl (C=O) groups excluding carboxylic acids is 2. The Morgan fingerprint density at radius 2 is 2.11 bits per heavy atom. The van der Waals surface area contributed by atoms with E-state index in [1.54, 1.807) is 31.3 Å². The first-order valence-electron chi connectivity index (χ1n) is 5.45. The quantitative estimate of drug-likeness (QED) is 0.817. The van der Waals surface area contributed by atoms with Crippen LogP contribution >= 0.6 is 23.4 Å². The number of hydrogen-bond donors (Lipinski definition) is 0. The van der Waals surface area contributed by atoms with E-state index in [0.717, 1.165) is 11.8 Å². The molecule has 7 heteroatoms. The second-order valence-electron chi connectivity index (χ2n) is 3.95. The lowest BCUT2D eigenvalue weighted by molar-refractivity contribution is -0.304. The van der Waals surface area contributed by atoms with E-state index in [4.69, 9.17) is 11.6 Å². The number of carboxylic acid groups (broad SMARTS) is 1. The summed E-state index contributed by atoms with van der Waals surface area (Å²) in [6, 6.07) is 6.73. The summed E-state index contributed by atoms with van der Waals surface area (Å²) >= 11 is 6.78. The van der Waals surface area contributed by atoms with Gasteiger partial charge in [0.05, 0.1) is 16.9 Å². The van der Waals surface area contributed by atoms with Gasteiger partial charge in [-0.2, -0.15) is 0 Å². The molecule has 1 aromatic carbocycles. The van der Waals surface area contributed by atoms with Crippen LogP contribution in [0, 0.1) is 0 Å². The van der Waals surface area contributed by atoms with E-state index in [1.807, 2.05) is 0 Å². The molecule has 1 saturated heterocycles. The van der Waals surface area contributed by atoms with E-state index in [9.17, 15) is 14.7 Å². The third-order valence-corrected chi connectivity index (χ3v) is 4.05. The topological polar surface area (TPSA) is 72.8 Å². The largest absolute Gasteiger partial charge is 0.549 e. The van der Waals surface area contributed by atoms with E-state index < -0.39 is 11.2 Å². The zero-order valence-electron chi connectivity index (χ0n) is 10.00. The smallest absolute Gasteiger partial charge is 0.229 e. The third-order valence-electron chi connectivity index (χ3n) is 2.58. The normalized spacial score (nSPS) is 21.8. The van der Waals surface area contributed by atoms with Crippen molar-refractivity contribution in [1.29, 1.82) is 0 Å². The van der Waals surface area contributed by atoms with Crippen LogP contribution in [0.3, 0.4) is 0 Å². The Hall–Kier alpha value is -1.53. The molecule has 1 unspecified atom stereocenters. The molecule has 1 heterocycles. The van der Waals surface area contributed by atoms with Crippen molar-refractivity contribution in [2.24, 2.45) is 4.99 Å². The highest BCUT2D eigenvalue weighted by Gasteiger charge is 2.30. The van der Waals surface area contributed by atoms with E-state index in [-0.39, 0.29) is 12.3 Å². The number of thioether (sulfide) groups is 1. The number of nitrogens with zero attached hydrogens (tertiary/aromatic N) is 2. The van der Waals surface area contributed by atoms with Crippen molar-refractivity contribution in [3.63, 3.8) is 0 Å². The van der Waals surface area contributed by atoms with Crippen LogP contribution in [0.4, 0.5) is 5.69 Å².